The molecule has 0 fully saturated rings. The van der Waals surface area contributed by atoms with Crippen molar-refractivity contribution in [2.75, 3.05) is 0 Å². The van der Waals surface area contributed by atoms with Gasteiger partial charge in [0.25, 0.3) is 0 Å². The number of aliphatic carboxylic acids is 1. The fourth-order valence-electron chi connectivity index (χ4n) is 2.31. The molecule has 0 aliphatic rings. The van der Waals surface area contributed by atoms with E-state index in [9.17, 15) is 14.1 Å². The van der Waals surface area contributed by atoms with E-state index in [2.05, 4.69) is 0 Å². The molecule has 0 aliphatic carbocycles. The van der Waals surface area contributed by atoms with Crippen LogP contribution in [-0.4, -0.2) is 15.4 Å². The Kier molecular flexibility index (Phi) is 7.61. The summed E-state index contributed by atoms with van der Waals surface area (Å²) in [7, 11) is -1.59. The summed E-state index contributed by atoms with van der Waals surface area (Å²) in [6, 6.07) is 18.7. The summed E-state index contributed by atoms with van der Waals surface area (Å²) in [5.74, 6) is -1.26. The van der Waals surface area contributed by atoms with Gasteiger partial charge in [0.2, 0.25) is 0 Å². The Morgan fingerprint density at radius 3 is 1.73 bits per heavy atom. The molecule has 0 saturated heterocycles. The molecule has 2 aromatic rings. The Balaban J connectivity index is 0.00000242. The molecule has 110 valence electrons. The van der Waals surface area contributed by atoms with Crippen molar-refractivity contribution in [1.29, 1.82) is 0 Å². The smallest absolute Gasteiger partial charge is 0.549 e. The monoisotopic (exact) mass is 308 g/mol. The SMILES string of the molecule is CCC(C(=O)[O-])S(=O)C(c1ccccc1)c1ccccc1.[Li+]. The van der Waals surface area contributed by atoms with Crippen LogP contribution in [0.15, 0.2) is 60.7 Å². The van der Waals surface area contributed by atoms with Crippen molar-refractivity contribution in [3.63, 3.8) is 0 Å². The molecule has 3 nitrogen and oxygen atoms in total. The van der Waals surface area contributed by atoms with Crippen LogP contribution in [0.1, 0.15) is 29.7 Å². The van der Waals surface area contributed by atoms with Crippen LogP contribution in [-0.2, 0) is 15.6 Å². The van der Waals surface area contributed by atoms with Gasteiger partial charge in [-0.1, -0.05) is 67.6 Å². The number of carboxylic acid groups (broad SMARTS) is 1. The first kappa shape index (κ1) is 18.7. The van der Waals surface area contributed by atoms with Gasteiger partial charge in [-0.25, -0.2) is 0 Å². The van der Waals surface area contributed by atoms with Gasteiger partial charge in [0, 0.05) is 10.8 Å². The number of hydrogen-bond donors (Lipinski definition) is 0. The molecular formula is C17H17LiO3S. The Labute approximate surface area is 145 Å². The number of carbonyl (C=O) groups is 1. The molecule has 2 unspecified atom stereocenters. The molecular weight excluding hydrogens is 291 g/mol. The fourth-order valence-corrected chi connectivity index (χ4v) is 4.00. The van der Waals surface area contributed by atoms with E-state index < -0.39 is 27.3 Å². The fraction of sp³-hybridized carbons (Fsp3) is 0.235. The Morgan fingerprint density at radius 2 is 1.41 bits per heavy atom. The standard InChI is InChI=1S/C17H18O3S.Li/c1-2-15(17(18)19)21(20)16(13-9-5-3-6-10-13)14-11-7-4-8-12-14;/h3-12,15-16H,2H2,1H3,(H,18,19);/q;+1/p-1. The van der Waals surface area contributed by atoms with Crippen LogP contribution in [0, 0.1) is 0 Å². The summed E-state index contributed by atoms with van der Waals surface area (Å²) in [6.45, 7) is 1.71. The second-order valence-corrected chi connectivity index (χ2v) is 6.44. The van der Waals surface area contributed by atoms with Crippen molar-refractivity contribution >= 4 is 16.8 Å². The van der Waals surface area contributed by atoms with Crippen molar-refractivity contribution < 1.29 is 33.0 Å². The summed E-state index contributed by atoms with van der Waals surface area (Å²) >= 11 is 0. The second kappa shape index (κ2) is 8.95. The number of carbonyl (C=O) groups excluding carboxylic acids is 1. The summed E-state index contributed by atoms with van der Waals surface area (Å²) in [6.07, 6.45) is 0.283. The summed E-state index contributed by atoms with van der Waals surface area (Å²) in [4.78, 5) is 11.2. The molecule has 2 rings (SSSR count). The van der Waals surface area contributed by atoms with E-state index >= 15 is 0 Å². The molecule has 0 spiro atoms. The molecule has 0 aliphatic heterocycles. The van der Waals surface area contributed by atoms with Crippen molar-refractivity contribution in [3.8, 4) is 0 Å². The molecule has 0 saturated carbocycles. The minimum absolute atomic E-state index is 0. The molecule has 2 aromatic carbocycles. The Bertz CT molecular complexity index is 577. The van der Waals surface area contributed by atoms with Gasteiger partial charge in [0.05, 0.1) is 16.5 Å². The third-order valence-corrected chi connectivity index (χ3v) is 5.45. The summed E-state index contributed by atoms with van der Waals surface area (Å²) in [5, 5.41) is 9.80. The number of carboxylic acids is 1. The van der Waals surface area contributed by atoms with Gasteiger partial charge in [-0.2, -0.15) is 0 Å². The Hall–Kier alpha value is -1.34. The van der Waals surface area contributed by atoms with Crippen molar-refractivity contribution in [2.45, 2.75) is 23.8 Å². The van der Waals surface area contributed by atoms with E-state index in [-0.39, 0.29) is 25.3 Å². The molecule has 5 heteroatoms. The predicted molar refractivity (Wildman–Crippen MR) is 82.0 cm³/mol. The second-order valence-electron chi connectivity index (χ2n) is 4.75. The summed E-state index contributed by atoms with van der Waals surface area (Å²) in [5.41, 5.74) is 1.70. The largest absolute Gasteiger partial charge is 1.00 e. The van der Waals surface area contributed by atoms with E-state index in [1.54, 1.807) is 6.92 Å². The van der Waals surface area contributed by atoms with E-state index in [1.807, 2.05) is 60.7 Å². The van der Waals surface area contributed by atoms with Gasteiger partial charge in [-0.15, -0.1) is 0 Å². The van der Waals surface area contributed by atoms with Crippen LogP contribution in [0.25, 0.3) is 0 Å². The van der Waals surface area contributed by atoms with Crippen LogP contribution >= 0.6 is 0 Å². The van der Waals surface area contributed by atoms with Gasteiger partial charge < -0.3 is 9.90 Å². The zero-order valence-corrected chi connectivity index (χ0v) is 13.6. The van der Waals surface area contributed by atoms with Crippen LogP contribution < -0.4 is 24.0 Å². The van der Waals surface area contributed by atoms with Gasteiger partial charge in [0.15, 0.2) is 0 Å². The first-order valence-electron chi connectivity index (χ1n) is 6.85. The van der Waals surface area contributed by atoms with Crippen LogP contribution in [0.3, 0.4) is 0 Å². The van der Waals surface area contributed by atoms with E-state index in [4.69, 9.17) is 0 Å². The predicted octanol–water partition coefficient (Wildman–Crippen LogP) is -0.943. The Morgan fingerprint density at radius 1 is 1.00 bits per heavy atom. The molecule has 2 atom stereocenters. The zero-order chi connectivity index (χ0) is 15.2. The third kappa shape index (κ3) is 4.33. The van der Waals surface area contributed by atoms with Gasteiger partial charge >= 0.3 is 18.9 Å². The molecule has 0 N–H and O–H groups in total. The number of benzene rings is 2. The van der Waals surface area contributed by atoms with Gasteiger partial charge in [-0.3, -0.25) is 4.21 Å². The maximum absolute atomic E-state index is 12.8. The van der Waals surface area contributed by atoms with E-state index in [0.29, 0.717) is 0 Å². The minimum atomic E-state index is -1.59. The number of rotatable bonds is 6. The molecule has 22 heavy (non-hydrogen) atoms. The first-order chi connectivity index (χ1) is 10.1. The van der Waals surface area contributed by atoms with Crippen molar-refractivity contribution in [3.05, 3.63) is 71.8 Å². The van der Waals surface area contributed by atoms with Crippen LogP contribution in [0.5, 0.6) is 0 Å². The molecule has 0 aromatic heterocycles. The average molecular weight is 308 g/mol. The maximum Gasteiger partial charge on any atom is 1.00 e. The molecule has 0 heterocycles. The third-order valence-electron chi connectivity index (χ3n) is 3.35. The maximum atomic E-state index is 12.8. The first-order valence-corrected chi connectivity index (χ1v) is 8.13. The van der Waals surface area contributed by atoms with Gasteiger partial charge in [-0.05, 0) is 17.5 Å². The van der Waals surface area contributed by atoms with Crippen molar-refractivity contribution in [1.82, 2.24) is 0 Å². The minimum Gasteiger partial charge on any atom is -0.549 e. The molecule has 0 radical (unpaired) electrons. The topological polar surface area (TPSA) is 57.2 Å². The summed E-state index contributed by atoms with van der Waals surface area (Å²) < 4.78 is 12.8. The van der Waals surface area contributed by atoms with Crippen molar-refractivity contribution in [2.24, 2.45) is 0 Å². The average Bonchev–Trinajstić information content (AvgIpc) is 2.50. The normalized spacial score (nSPS) is 13.2. The molecule has 0 bridgehead atoms. The van der Waals surface area contributed by atoms with Crippen LogP contribution in [0.4, 0.5) is 0 Å². The zero-order valence-electron chi connectivity index (χ0n) is 12.8. The number of hydrogen-bond acceptors (Lipinski definition) is 3. The quantitative estimate of drug-likeness (QED) is 0.647. The van der Waals surface area contributed by atoms with Gasteiger partial charge in [0.1, 0.15) is 0 Å². The van der Waals surface area contributed by atoms with E-state index in [1.165, 1.54) is 0 Å². The van der Waals surface area contributed by atoms with E-state index in [0.717, 1.165) is 11.1 Å². The molecule has 0 amide bonds. The van der Waals surface area contributed by atoms with Crippen LogP contribution in [0.2, 0.25) is 0 Å².